The highest BCUT2D eigenvalue weighted by Gasteiger charge is 2.21. The van der Waals surface area contributed by atoms with Gasteiger partial charge in [0.25, 0.3) is 0 Å². The lowest BCUT2D eigenvalue weighted by Gasteiger charge is -2.33. The molecule has 0 amide bonds. The number of benzene rings is 1. The second-order valence-corrected chi connectivity index (χ2v) is 6.87. The summed E-state index contributed by atoms with van der Waals surface area (Å²) in [5.41, 5.74) is 0.891. The fourth-order valence-corrected chi connectivity index (χ4v) is 3.03. The molecule has 2 aromatic rings. The summed E-state index contributed by atoms with van der Waals surface area (Å²) in [5, 5.41) is 4.07. The number of unbranched alkanes of at least 4 members (excludes halogenated alkanes) is 1. The molecule has 152 valence electrons. The quantitative estimate of drug-likeness (QED) is 0.478. The largest absolute Gasteiger partial charge is 0.497 e. The molecular formula is C20H28N4O4. The average molecular weight is 388 g/mol. The van der Waals surface area contributed by atoms with Gasteiger partial charge in [0.05, 0.1) is 26.8 Å². The van der Waals surface area contributed by atoms with Crippen molar-refractivity contribution in [3.63, 3.8) is 0 Å². The van der Waals surface area contributed by atoms with E-state index in [0.717, 1.165) is 50.3 Å². The summed E-state index contributed by atoms with van der Waals surface area (Å²) in [6, 6.07) is 7.56. The van der Waals surface area contributed by atoms with E-state index in [0.29, 0.717) is 31.4 Å². The van der Waals surface area contributed by atoms with Gasteiger partial charge in [-0.2, -0.15) is 4.98 Å². The maximum atomic E-state index is 11.8. The molecule has 2 heterocycles. The average Bonchev–Trinajstić information content (AvgIpc) is 3.18. The van der Waals surface area contributed by atoms with Crippen LogP contribution < -0.4 is 4.74 Å². The van der Waals surface area contributed by atoms with Crippen LogP contribution in [0.15, 0.2) is 28.8 Å². The Balaban J connectivity index is 1.43. The lowest BCUT2D eigenvalue weighted by Crippen LogP contribution is -2.47. The summed E-state index contributed by atoms with van der Waals surface area (Å²) in [6.07, 6.45) is 1.95. The highest BCUT2D eigenvalue weighted by atomic mass is 16.5. The Labute approximate surface area is 165 Å². The van der Waals surface area contributed by atoms with Gasteiger partial charge in [0.1, 0.15) is 5.75 Å². The molecule has 8 heteroatoms. The van der Waals surface area contributed by atoms with E-state index in [1.807, 2.05) is 24.3 Å². The van der Waals surface area contributed by atoms with Gasteiger partial charge in [-0.25, -0.2) is 0 Å². The molecule has 28 heavy (non-hydrogen) atoms. The van der Waals surface area contributed by atoms with Crippen molar-refractivity contribution in [3.8, 4) is 17.1 Å². The molecular weight excluding hydrogens is 360 g/mol. The van der Waals surface area contributed by atoms with Crippen LogP contribution in [-0.4, -0.2) is 72.4 Å². The minimum atomic E-state index is -0.136. The maximum absolute atomic E-state index is 11.8. The number of piperazine rings is 1. The smallest absolute Gasteiger partial charge is 0.320 e. The van der Waals surface area contributed by atoms with E-state index in [-0.39, 0.29) is 5.97 Å². The molecule has 1 aliphatic heterocycles. The molecule has 1 aliphatic rings. The second-order valence-electron chi connectivity index (χ2n) is 6.87. The van der Waals surface area contributed by atoms with Crippen molar-refractivity contribution in [1.29, 1.82) is 0 Å². The Morgan fingerprint density at radius 3 is 2.54 bits per heavy atom. The van der Waals surface area contributed by atoms with E-state index < -0.39 is 0 Å². The number of aromatic nitrogens is 2. The van der Waals surface area contributed by atoms with Gasteiger partial charge in [-0.3, -0.25) is 14.6 Å². The van der Waals surface area contributed by atoms with E-state index >= 15 is 0 Å². The number of nitrogens with zero attached hydrogens (tertiary/aromatic N) is 4. The van der Waals surface area contributed by atoms with Gasteiger partial charge >= 0.3 is 5.97 Å². The first-order valence-corrected chi connectivity index (χ1v) is 9.75. The van der Waals surface area contributed by atoms with Gasteiger partial charge in [-0.1, -0.05) is 18.5 Å². The van der Waals surface area contributed by atoms with Crippen molar-refractivity contribution >= 4 is 5.97 Å². The Kier molecular flexibility index (Phi) is 7.39. The van der Waals surface area contributed by atoms with Crippen molar-refractivity contribution < 1.29 is 18.8 Å². The molecule has 0 spiro atoms. The Hall–Kier alpha value is -2.45. The van der Waals surface area contributed by atoms with Crippen molar-refractivity contribution in [2.45, 2.75) is 26.3 Å². The molecule has 0 saturated carbocycles. The second kappa shape index (κ2) is 10.2. The van der Waals surface area contributed by atoms with Crippen molar-refractivity contribution in [1.82, 2.24) is 19.9 Å². The SMILES string of the molecule is CCCCOC(=O)CN1CCN(Cc2nc(-c3ccc(OC)cc3)no2)CC1. The van der Waals surface area contributed by atoms with Crippen LogP contribution >= 0.6 is 0 Å². The summed E-state index contributed by atoms with van der Waals surface area (Å²) in [5.74, 6) is 1.83. The van der Waals surface area contributed by atoms with E-state index in [9.17, 15) is 4.79 Å². The number of hydrogen-bond donors (Lipinski definition) is 0. The number of methoxy groups -OCH3 is 1. The highest BCUT2D eigenvalue weighted by Crippen LogP contribution is 2.20. The molecule has 3 rings (SSSR count). The summed E-state index contributed by atoms with van der Waals surface area (Å²) in [6.45, 7) is 6.91. The Morgan fingerprint density at radius 2 is 1.86 bits per heavy atom. The first-order chi connectivity index (χ1) is 13.7. The molecule has 8 nitrogen and oxygen atoms in total. The minimum absolute atomic E-state index is 0.136. The topological polar surface area (TPSA) is 80.9 Å². The van der Waals surface area contributed by atoms with Crippen LogP contribution in [0.3, 0.4) is 0 Å². The molecule has 0 bridgehead atoms. The summed E-state index contributed by atoms with van der Waals surface area (Å²) in [7, 11) is 1.64. The molecule has 1 aromatic heterocycles. The summed E-state index contributed by atoms with van der Waals surface area (Å²) >= 11 is 0. The molecule has 0 radical (unpaired) electrons. The third-order valence-electron chi connectivity index (χ3n) is 4.75. The molecule has 1 fully saturated rings. The van der Waals surface area contributed by atoms with Gasteiger partial charge in [-0.05, 0) is 30.7 Å². The molecule has 0 N–H and O–H groups in total. The van der Waals surface area contributed by atoms with Crippen LogP contribution in [-0.2, 0) is 16.1 Å². The van der Waals surface area contributed by atoms with Crippen LogP contribution in [0.5, 0.6) is 5.75 Å². The fraction of sp³-hybridized carbons (Fsp3) is 0.550. The lowest BCUT2D eigenvalue weighted by molar-refractivity contribution is -0.145. The van der Waals surface area contributed by atoms with Gasteiger partial charge in [-0.15, -0.1) is 0 Å². The van der Waals surface area contributed by atoms with Crippen molar-refractivity contribution in [3.05, 3.63) is 30.2 Å². The third-order valence-corrected chi connectivity index (χ3v) is 4.75. The van der Waals surface area contributed by atoms with Crippen molar-refractivity contribution in [2.24, 2.45) is 0 Å². The standard InChI is InChI=1S/C20H28N4O4/c1-3-4-13-27-19(25)15-24-11-9-23(10-12-24)14-18-21-20(22-28-18)16-5-7-17(26-2)8-6-16/h5-8H,3-4,9-15H2,1-2H3. The predicted octanol–water partition coefficient (Wildman–Crippen LogP) is 2.21. The summed E-state index contributed by atoms with van der Waals surface area (Å²) in [4.78, 5) is 20.7. The van der Waals surface area contributed by atoms with E-state index in [2.05, 4.69) is 26.9 Å². The van der Waals surface area contributed by atoms with Crippen LogP contribution in [0, 0.1) is 0 Å². The van der Waals surface area contributed by atoms with Crippen molar-refractivity contribution in [2.75, 3.05) is 46.4 Å². The fourth-order valence-electron chi connectivity index (χ4n) is 3.03. The molecule has 1 aromatic carbocycles. The zero-order valence-corrected chi connectivity index (χ0v) is 16.6. The van der Waals surface area contributed by atoms with E-state index in [1.165, 1.54) is 0 Å². The molecule has 1 saturated heterocycles. The number of ether oxygens (including phenoxy) is 2. The van der Waals surface area contributed by atoms with Crippen LogP contribution in [0.2, 0.25) is 0 Å². The zero-order valence-electron chi connectivity index (χ0n) is 16.6. The van der Waals surface area contributed by atoms with Gasteiger partial charge < -0.3 is 14.0 Å². The first-order valence-electron chi connectivity index (χ1n) is 9.75. The van der Waals surface area contributed by atoms with Gasteiger partial charge in [0.2, 0.25) is 11.7 Å². The minimum Gasteiger partial charge on any atom is -0.497 e. The maximum Gasteiger partial charge on any atom is 0.320 e. The number of esters is 1. The number of carbonyl (C=O) groups is 1. The zero-order chi connectivity index (χ0) is 19.8. The van der Waals surface area contributed by atoms with E-state index in [4.69, 9.17) is 14.0 Å². The van der Waals surface area contributed by atoms with Gasteiger partial charge in [0, 0.05) is 31.7 Å². The lowest BCUT2D eigenvalue weighted by atomic mass is 10.2. The first kappa shape index (κ1) is 20.3. The highest BCUT2D eigenvalue weighted by molar-refractivity contribution is 5.71. The monoisotopic (exact) mass is 388 g/mol. The Morgan fingerprint density at radius 1 is 1.14 bits per heavy atom. The van der Waals surface area contributed by atoms with Crippen LogP contribution in [0.25, 0.3) is 11.4 Å². The summed E-state index contributed by atoms with van der Waals surface area (Å²) < 4.78 is 15.8. The van der Waals surface area contributed by atoms with E-state index in [1.54, 1.807) is 7.11 Å². The Bertz CT molecular complexity index is 739. The predicted molar refractivity (Wildman–Crippen MR) is 104 cm³/mol. The molecule has 0 atom stereocenters. The molecule has 0 unspecified atom stereocenters. The number of carbonyl (C=O) groups excluding carboxylic acids is 1. The normalized spacial score (nSPS) is 15.5. The van der Waals surface area contributed by atoms with Crippen LogP contribution in [0.1, 0.15) is 25.7 Å². The number of rotatable bonds is 9. The van der Waals surface area contributed by atoms with Crippen LogP contribution in [0.4, 0.5) is 0 Å². The third kappa shape index (κ3) is 5.77. The molecule has 0 aliphatic carbocycles. The van der Waals surface area contributed by atoms with Gasteiger partial charge in [0.15, 0.2) is 0 Å². The number of hydrogen-bond acceptors (Lipinski definition) is 8.